The number of hydrogen-bond acceptors (Lipinski definition) is 8. The van der Waals surface area contributed by atoms with Crippen LogP contribution in [-0.2, 0) is 0 Å². The quantitative estimate of drug-likeness (QED) is 0.196. The highest BCUT2D eigenvalue weighted by Crippen LogP contribution is 2.40. The smallest absolute Gasteiger partial charge is 0.213 e. The summed E-state index contributed by atoms with van der Waals surface area (Å²) in [4.78, 5) is 23.0. The first-order chi connectivity index (χ1) is 18.0. The van der Waals surface area contributed by atoms with Crippen molar-refractivity contribution in [2.75, 3.05) is 21.3 Å². The number of ketones is 1. The minimum atomic E-state index is -0.340. The van der Waals surface area contributed by atoms with Gasteiger partial charge >= 0.3 is 0 Å². The highest BCUT2D eigenvalue weighted by atomic mass is 32.1. The number of aromatic nitrogens is 4. The van der Waals surface area contributed by atoms with E-state index < -0.39 is 0 Å². The van der Waals surface area contributed by atoms with Gasteiger partial charge in [0.05, 0.1) is 38.4 Å². The number of pyridine rings is 1. The van der Waals surface area contributed by atoms with E-state index in [0.717, 1.165) is 0 Å². The van der Waals surface area contributed by atoms with Gasteiger partial charge in [-0.15, -0.1) is 0 Å². The number of nitrogens with zero attached hydrogens (tertiary/aromatic N) is 4. The SMILES string of the molecule is COc1cc(-c2cccc(C(=O)/C=C/c3c(-c4ccc(F)cc4)nc4scnn34)n2)cc(OC)c1OC. The number of ether oxygens (including phenoxy) is 3. The average Bonchev–Trinajstić information content (AvgIpc) is 3.53. The van der Waals surface area contributed by atoms with Gasteiger partial charge in [0.15, 0.2) is 11.5 Å². The molecule has 0 bridgehead atoms. The number of hydrogen-bond donors (Lipinski definition) is 0. The Kier molecular flexibility index (Phi) is 6.65. The van der Waals surface area contributed by atoms with Crippen LogP contribution in [0.4, 0.5) is 4.39 Å². The van der Waals surface area contributed by atoms with Crippen molar-refractivity contribution in [1.29, 1.82) is 0 Å². The molecule has 8 nitrogen and oxygen atoms in total. The van der Waals surface area contributed by atoms with Crippen LogP contribution in [0, 0.1) is 5.82 Å². The van der Waals surface area contributed by atoms with E-state index in [2.05, 4.69) is 15.1 Å². The molecule has 0 spiro atoms. The Balaban J connectivity index is 1.49. The van der Waals surface area contributed by atoms with E-state index in [1.54, 1.807) is 58.6 Å². The molecule has 0 saturated heterocycles. The predicted molar refractivity (Wildman–Crippen MR) is 139 cm³/mol. The molecule has 0 aliphatic carbocycles. The van der Waals surface area contributed by atoms with E-state index in [1.807, 2.05) is 0 Å². The van der Waals surface area contributed by atoms with Crippen LogP contribution >= 0.6 is 11.3 Å². The summed E-state index contributed by atoms with van der Waals surface area (Å²) >= 11 is 1.36. The Labute approximate surface area is 215 Å². The summed E-state index contributed by atoms with van der Waals surface area (Å²) in [6, 6.07) is 14.8. The van der Waals surface area contributed by atoms with Crippen molar-refractivity contribution < 1.29 is 23.4 Å². The average molecular weight is 517 g/mol. The summed E-state index contributed by atoms with van der Waals surface area (Å²) in [5, 5.41) is 4.32. The van der Waals surface area contributed by atoms with E-state index >= 15 is 0 Å². The molecule has 0 radical (unpaired) electrons. The second-order valence-corrected chi connectivity index (χ2v) is 8.62. The van der Waals surface area contributed by atoms with Crippen molar-refractivity contribution in [3.8, 4) is 39.8 Å². The molecule has 3 aromatic heterocycles. The molecule has 0 N–H and O–H groups in total. The zero-order valence-corrected chi connectivity index (χ0v) is 21.0. The van der Waals surface area contributed by atoms with E-state index in [4.69, 9.17) is 14.2 Å². The number of allylic oxidation sites excluding steroid dienone is 1. The summed E-state index contributed by atoms with van der Waals surface area (Å²) in [6.45, 7) is 0. The summed E-state index contributed by atoms with van der Waals surface area (Å²) in [7, 11) is 4.61. The third kappa shape index (κ3) is 4.66. The Hall–Kier alpha value is -4.57. The minimum absolute atomic E-state index is 0.255. The lowest BCUT2D eigenvalue weighted by atomic mass is 10.1. The van der Waals surface area contributed by atoms with Gasteiger partial charge in [0.2, 0.25) is 16.5 Å². The standard InChI is InChI=1S/C27H21FN4O4S/c1-34-23-13-17(14-24(35-2)26(23)36-3)19-5-4-6-20(30-19)22(33)12-11-21-25(16-7-9-18(28)10-8-16)31-27-32(21)29-15-37-27/h4-15H,1-3H3/b12-11+. The fourth-order valence-corrected chi connectivity index (χ4v) is 4.51. The summed E-state index contributed by atoms with van der Waals surface area (Å²) in [5.41, 5.74) is 5.11. The molecular weight excluding hydrogens is 495 g/mol. The lowest BCUT2D eigenvalue weighted by Crippen LogP contribution is -2.01. The molecule has 5 rings (SSSR count). The van der Waals surface area contributed by atoms with Crippen LogP contribution in [0.15, 0.2) is 66.2 Å². The molecule has 0 atom stereocenters. The number of methoxy groups -OCH3 is 3. The normalized spacial score (nSPS) is 11.2. The maximum absolute atomic E-state index is 13.4. The fraction of sp³-hybridized carbons (Fsp3) is 0.111. The number of benzene rings is 2. The molecule has 0 saturated carbocycles. The topological polar surface area (TPSA) is 87.8 Å². The van der Waals surface area contributed by atoms with Crippen molar-refractivity contribution in [2.45, 2.75) is 0 Å². The molecule has 0 amide bonds. The first-order valence-electron chi connectivity index (χ1n) is 11.1. The third-order valence-corrected chi connectivity index (χ3v) is 6.33. The lowest BCUT2D eigenvalue weighted by Gasteiger charge is -2.14. The van der Waals surface area contributed by atoms with Crippen LogP contribution in [0.5, 0.6) is 17.2 Å². The van der Waals surface area contributed by atoms with Crippen molar-refractivity contribution in [2.24, 2.45) is 0 Å². The van der Waals surface area contributed by atoms with Gasteiger partial charge in [-0.25, -0.2) is 18.9 Å². The molecule has 10 heteroatoms. The Morgan fingerprint density at radius 3 is 2.35 bits per heavy atom. The maximum atomic E-state index is 13.4. The van der Waals surface area contributed by atoms with Crippen molar-refractivity contribution in [3.63, 3.8) is 0 Å². The van der Waals surface area contributed by atoms with Crippen LogP contribution in [-0.4, -0.2) is 46.7 Å². The summed E-state index contributed by atoms with van der Waals surface area (Å²) < 4.78 is 31.4. The Morgan fingerprint density at radius 1 is 0.946 bits per heavy atom. The maximum Gasteiger partial charge on any atom is 0.213 e. The van der Waals surface area contributed by atoms with Gasteiger partial charge in [0.25, 0.3) is 0 Å². The zero-order valence-electron chi connectivity index (χ0n) is 20.1. The molecule has 3 heterocycles. The molecule has 0 aliphatic rings. The number of imidazole rings is 1. The van der Waals surface area contributed by atoms with Gasteiger partial charge in [-0.2, -0.15) is 5.10 Å². The Morgan fingerprint density at radius 2 is 1.68 bits per heavy atom. The lowest BCUT2D eigenvalue weighted by molar-refractivity contribution is 0.104. The highest BCUT2D eigenvalue weighted by molar-refractivity contribution is 7.14. The van der Waals surface area contributed by atoms with Gasteiger partial charge in [-0.3, -0.25) is 4.79 Å². The molecule has 0 fully saturated rings. The molecule has 5 aromatic rings. The van der Waals surface area contributed by atoms with Crippen LogP contribution < -0.4 is 14.2 Å². The van der Waals surface area contributed by atoms with Crippen LogP contribution in [0.25, 0.3) is 33.6 Å². The second-order valence-electron chi connectivity index (χ2n) is 7.81. The molecule has 0 unspecified atom stereocenters. The number of fused-ring (bicyclic) bond motifs is 1. The van der Waals surface area contributed by atoms with Crippen LogP contribution in [0.2, 0.25) is 0 Å². The molecular formula is C27H21FN4O4S. The molecule has 2 aromatic carbocycles. The van der Waals surface area contributed by atoms with Gasteiger partial charge in [0.1, 0.15) is 17.0 Å². The minimum Gasteiger partial charge on any atom is -0.493 e. The van der Waals surface area contributed by atoms with Crippen molar-refractivity contribution in [1.82, 2.24) is 19.6 Å². The van der Waals surface area contributed by atoms with Gasteiger partial charge in [-0.1, -0.05) is 17.4 Å². The monoisotopic (exact) mass is 516 g/mol. The van der Waals surface area contributed by atoms with Crippen LogP contribution in [0.1, 0.15) is 16.2 Å². The molecule has 37 heavy (non-hydrogen) atoms. The van der Waals surface area contributed by atoms with Gasteiger partial charge in [-0.05, 0) is 60.7 Å². The van der Waals surface area contributed by atoms with Gasteiger partial charge in [0, 0.05) is 11.1 Å². The second kappa shape index (κ2) is 10.2. The largest absolute Gasteiger partial charge is 0.493 e. The number of rotatable bonds is 8. The van der Waals surface area contributed by atoms with Crippen LogP contribution in [0.3, 0.4) is 0 Å². The van der Waals surface area contributed by atoms with E-state index in [1.165, 1.54) is 50.9 Å². The van der Waals surface area contributed by atoms with Crippen molar-refractivity contribution >= 4 is 28.2 Å². The first kappa shape index (κ1) is 24.1. The molecule has 0 aliphatic heterocycles. The van der Waals surface area contributed by atoms with E-state index in [-0.39, 0.29) is 17.3 Å². The third-order valence-electron chi connectivity index (χ3n) is 5.65. The van der Waals surface area contributed by atoms with Crippen molar-refractivity contribution in [3.05, 3.63) is 83.4 Å². The molecule has 186 valence electrons. The van der Waals surface area contributed by atoms with E-state index in [9.17, 15) is 9.18 Å². The summed E-state index contributed by atoms with van der Waals surface area (Å²) in [5.74, 6) is 0.793. The zero-order chi connectivity index (χ0) is 25.9. The highest BCUT2D eigenvalue weighted by Gasteiger charge is 2.17. The number of halogens is 1. The fourth-order valence-electron chi connectivity index (χ4n) is 3.88. The number of carbonyl (C=O) groups excluding carboxylic acids is 1. The van der Waals surface area contributed by atoms with Gasteiger partial charge < -0.3 is 14.2 Å². The Bertz CT molecular complexity index is 1600. The van der Waals surface area contributed by atoms with E-state index in [0.29, 0.717) is 50.4 Å². The summed E-state index contributed by atoms with van der Waals surface area (Å²) in [6.07, 6.45) is 3.08. The number of carbonyl (C=O) groups is 1. The first-order valence-corrected chi connectivity index (χ1v) is 12.0. The predicted octanol–water partition coefficient (Wildman–Crippen LogP) is 5.58.